The van der Waals surface area contributed by atoms with Crippen LogP contribution >= 0.6 is 0 Å². The Balaban J connectivity index is 1.89. The van der Waals surface area contributed by atoms with E-state index in [1.807, 2.05) is 12.1 Å². The Kier molecular flexibility index (Phi) is 2.48. The molecule has 0 amide bonds. The second kappa shape index (κ2) is 4.13. The Hall–Kier alpha value is -1.97. The third-order valence-electron chi connectivity index (χ3n) is 3.27. The van der Waals surface area contributed by atoms with E-state index >= 15 is 0 Å². The molecule has 88 valence electrons. The van der Waals surface area contributed by atoms with E-state index < -0.39 is 0 Å². The number of hydrogen-bond donors (Lipinski definition) is 1. The molecule has 0 spiro atoms. The van der Waals surface area contributed by atoms with Crippen LogP contribution in [0.1, 0.15) is 24.6 Å². The molecule has 1 unspecified atom stereocenters. The summed E-state index contributed by atoms with van der Waals surface area (Å²) in [6.45, 7) is 1.06. The Morgan fingerprint density at radius 2 is 2.12 bits per heavy atom. The molecule has 0 aliphatic carbocycles. The van der Waals surface area contributed by atoms with Crippen LogP contribution in [-0.4, -0.2) is 11.5 Å². The van der Waals surface area contributed by atoms with Crippen LogP contribution in [0.25, 0.3) is 0 Å². The Labute approximate surface area is 100 Å². The molecule has 1 aromatic carbocycles. The predicted molar refractivity (Wildman–Crippen MR) is 66.7 cm³/mol. The summed E-state index contributed by atoms with van der Waals surface area (Å²) < 4.78 is 5.07. The van der Waals surface area contributed by atoms with E-state index in [0.717, 1.165) is 24.3 Å². The summed E-state index contributed by atoms with van der Waals surface area (Å²) in [6, 6.07) is 8.33. The van der Waals surface area contributed by atoms with E-state index in [0.29, 0.717) is 6.04 Å². The van der Waals surface area contributed by atoms with E-state index in [1.54, 1.807) is 6.26 Å². The molecule has 1 fully saturated rings. The molecule has 1 aliphatic rings. The molecule has 1 saturated heterocycles. The highest BCUT2D eigenvalue weighted by atomic mass is 16.3. The zero-order valence-corrected chi connectivity index (χ0v) is 9.54. The van der Waals surface area contributed by atoms with Gasteiger partial charge in [-0.1, -0.05) is 0 Å². The fourth-order valence-electron chi connectivity index (χ4n) is 2.44. The molecule has 0 radical (unpaired) electrons. The highest BCUT2D eigenvalue weighted by Gasteiger charge is 2.27. The third kappa shape index (κ3) is 1.86. The number of nitrogens with two attached hydrogens (primary N) is 1. The van der Waals surface area contributed by atoms with Gasteiger partial charge in [-0.25, -0.2) is 4.98 Å². The maximum atomic E-state index is 5.71. The maximum absolute atomic E-state index is 5.71. The number of nitrogens with zero attached hydrogens (tertiary/aromatic N) is 2. The van der Waals surface area contributed by atoms with Crippen molar-refractivity contribution in [3.8, 4) is 0 Å². The molecule has 2 aromatic rings. The number of aromatic nitrogens is 1. The van der Waals surface area contributed by atoms with E-state index in [9.17, 15) is 0 Å². The topological polar surface area (TPSA) is 55.3 Å². The third-order valence-corrected chi connectivity index (χ3v) is 3.27. The van der Waals surface area contributed by atoms with E-state index in [2.05, 4.69) is 22.0 Å². The first kappa shape index (κ1) is 10.2. The number of oxazole rings is 1. The fraction of sp³-hybridized carbons (Fsp3) is 0.308. The molecule has 3 rings (SSSR count). The minimum atomic E-state index is 0.331. The van der Waals surface area contributed by atoms with Crippen LogP contribution in [-0.2, 0) is 0 Å². The van der Waals surface area contributed by atoms with Gasteiger partial charge in [0, 0.05) is 17.9 Å². The summed E-state index contributed by atoms with van der Waals surface area (Å²) in [4.78, 5) is 6.62. The number of benzene rings is 1. The predicted octanol–water partition coefficient (Wildman–Crippen LogP) is 2.60. The lowest BCUT2D eigenvalue weighted by molar-refractivity contribution is 0.553. The van der Waals surface area contributed by atoms with Crippen molar-refractivity contribution in [2.24, 2.45) is 0 Å². The van der Waals surface area contributed by atoms with Crippen molar-refractivity contribution in [2.75, 3.05) is 17.2 Å². The van der Waals surface area contributed by atoms with E-state index in [-0.39, 0.29) is 0 Å². The van der Waals surface area contributed by atoms with Gasteiger partial charge >= 0.3 is 0 Å². The van der Waals surface area contributed by atoms with Gasteiger partial charge in [0.25, 0.3) is 0 Å². The fourth-order valence-corrected chi connectivity index (χ4v) is 2.44. The highest BCUT2D eigenvalue weighted by molar-refractivity contribution is 5.54. The molecular weight excluding hydrogens is 214 g/mol. The average Bonchev–Trinajstić information content (AvgIpc) is 3.00. The molecular formula is C13H15N3O. The number of rotatable bonds is 2. The highest BCUT2D eigenvalue weighted by Crippen LogP contribution is 2.35. The monoisotopic (exact) mass is 229 g/mol. The SMILES string of the molecule is Nc1ccc(N2CCCC2c2cocn2)cc1. The number of anilines is 2. The summed E-state index contributed by atoms with van der Waals surface area (Å²) in [7, 11) is 0. The Morgan fingerprint density at radius 3 is 2.82 bits per heavy atom. The van der Waals surface area contributed by atoms with Crippen LogP contribution in [0.15, 0.2) is 41.3 Å². The summed E-state index contributed by atoms with van der Waals surface area (Å²) >= 11 is 0. The molecule has 2 N–H and O–H groups in total. The van der Waals surface area contributed by atoms with Crippen LogP contribution in [0, 0.1) is 0 Å². The van der Waals surface area contributed by atoms with Crippen LogP contribution in [0.4, 0.5) is 11.4 Å². The molecule has 0 saturated carbocycles. The average molecular weight is 229 g/mol. The van der Waals surface area contributed by atoms with Gasteiger partial charge in [0.1, 0.15) is 12.0 Å². The maximum Gasteiger partial charge on any atom is 0.180 e. The zero-order valence-electron chi connectivity index (χ0n) is 9.54. The van der Waals surface area contributed by atoms with Crippen molar-refractivity contribution in [1.29, 1.82) is 0 Å². The summed E-state index contributed by atoms with van der Waals surface area (Å²) in [5, 5.41) is 0. The van der Waals surface area contributed by atoms with Gasteiger partial charge in [-0.2, -0.15) is 0 Å². The first-order valence-corrected chi connectivity index (χ1v) is 5.85. The van der Waals surface area contributed by atoms with Gasteiger partial charge in [0.2, 0.25) is 0 Å². The molecule has 1 atom stereocenters. The molecule has 17 heavy (non-hydrogen) atoms. The lowest BCUT2D eigenvalue weighted by atomic mass is 10.1. The zero-order chi connectivity index (χ0) is 11.7. The molecule has 0 bridgehead atoms. The van der Waals surface area contributed by atoms with E-state index in [4.69, 9.17) is 10.2 Å². The molecule has 1 aliphatic heterocycles. The lowest BCUT2D eigenvalue weighted by Gasteiger charge is -2.25. The van der Waals surface area contributed by atoms with Gasteiger partial charge in [0.05, 0.1) is 6.04 Å². The van der Waals surface area contributed by atoms with Crippen molar-refractivity contribution in [3.05, 3.63) is 42.6 Å². The van der Waals surface area contributed by atoms with Gasteiger partial charge < -0.3 is 15.1 Å². The van der Waals surface area contributed by atoms with Crippen LogP contribution in [0.2, 0.25) is 0 Å². The quantitative estimate of drug-likeness (QED) is 0.804. The minimum Gasteiger partial charge on any atom is -0.451 e. The summed E-state index contributed by atoms with van der Waals surface area (Å²) in [5.74, 6) is 0. The first-order chi connectivity index (χ1) is 8.34. The molecule has 4 heteroatoms. The molecule has 1 aromatic heterocycles. The van der Waals surface area contributed by atoms with Gasteiger partial charge in [-0.15, -0.1) is 0 Å². The van der Waals surface area contributed by atoms with Crippen molar-refractivity contribution in [2.45, 2.75) is 18.9 Å². The Morgan fingerprint density at radius 1 is 1.29 bits per heavy atom. The number of nitrogen functional groups attached to an aromatic ring is 1. The van der Waals surface area contributed by atoms with Crippen LogP contribution in [0.3, 0.4) is 0 Å². The van der Waals surface area contributed by atoms with Gasteiger partial charge in [-0.05, 0) is 37.1 Å². The summed E-state index contributed by atoms with van der Waals surface area (Å²) in [6.07, 6.45) is 5.54. The Bertz CT molecular complexity index is 478. The normalized spacial score (nSPS) is 19.8. The first-order valence-electron chi connectivity index (χ1n) is 5.85. The van der Waals surface area contributed by atoms with Crippen molar-refractivity contribution < 1.29 is 4.42 Å². The van der Waals surface area contributed by atoms with Gasteiger partial charge in [0.15, 0.2) is 6.39 Å². The largest absolute Gasteiger partial charge is 0.451 e. The van der Waals surface area contributed by atoms with E-state index in [1.165, 1.54) is 18.5 Å². The van der Waals surface area contributed by atoms with Crippen LogP contribution < -0.4 is 10.6 Å². The molecule has 2 heterocycles. The smallest absolute Gasteiger partial charge is 0.180 e. The van der Waals surface area contributed by atoms with Crippen molar-refractivity contribution >= 4 is 11.4 Å². The molecule has 4 nitrogen and oxygen atoms in total. The summed E-state index contributed by atoms with van der Waals surface area (Å²) in [5.41, 5.74) is 8.72. The standard InChI is InChI=1S/C13H15N3O/c14-10-3-5-11(6-4-10)16-7-1-2-13(16)12-8-17-9-15-12/h3-6,8-9,13H,1-2,7,14H2. The second-order valence-electron chi connectivity index (χ2n) is 4.36. The van der Waals surface area contributed by atoms with Crippen molar-refractivity contribution in [3.63, 3.8) is 0 Å². The van der Waals surface area contributed by atoms with Crippen LogP contribution in [0.5, 0.6) is 0 Å². The number of hydrogen-bond acceptors (Lipinski definition) is 4. The minimum absolute atomic E-state index is 0.331. The lowest BCUT2D eigenvalue weighted by Crippen LogP contribution is -2.22. The van der Waals surface area contributed by atoms with Crippen molar-refractivity contribution in [1.82, 2.24) is 4.98 Å². The second-order valence-corrected chi connectivity index (χ2v) is 4.36. The van der Waals surface area contributed by atoms with Gasteiger partial charge in [-0.3, -0.25) is 0 Å².